The summed E-state index contributed by atoms with van der Waals surface area (Å²) in [4.78, 5) is 12.1. The second-order valence-electron chi connectivity index (χ2n) is 4.30. The molecule has 96 valence electrons. The molecular weight excluding hydrogens is 242 g/mol. The lowest BCUT2D eigenvalue weighted by atomic mass is 10.1. The van der Waals surface area contributed by atoms with Crippen molar-refractivity contribution in [3.05, 3.63) is 46.4 Å². The third kappa shape index (κ3) is 1.74. The molecule has 3 rings (SSSR count). The fourth-order valence-electron chi connectivity index (χ4n) is 2.15. The fourth-order valence-corrected chi connectivity index (χ4v) is 2.15. The largest absolute Gasteiger partial charge is 0.360 e. The van der Waals surface area contributed by atoms with Gasteiger partial charge in [-0.2, -0.15) is 5.10 Å². The maximum Gasteiger partial charge on any atom is 0.296 e. The number of hydrogen-bond donors (Lipinski definition) is 0. The van der Waals surface area contributed by atoms with Gasteiger partial charge in [0.1, 0.15) is 11.5 Å². The highest BCUT2D eigenvalue weighted by Crippen LogP contribution is 2.26. The van der Waals surface area contributed by atoms with Crippen molar-refractivity contribution in [3.63, 3.8) is 0 Å². The van der Waals surface area contributed by atoms with Crippen LogP contribution in [0.15, 0.2) is 39.6 Å². The molecule has 0 saturated heterocycles. The lowest BCUT2D eigenvalue weighted by Crippen LogP contribution is -2.23. The molecule has 0 N–H and O–H groups in total. The van der Waals surface area contributed by atoms with E-state index in [-0.39, 0.29) is 5.56 Å². The molecule has 0 aliphatic rings. The monoisotopic (exact) mass is 255 g/mol. The summed E-state index contributed by atoms with van der Waals surface area (Å²) >= 11 is 0. The average Bonchev–Trinajstić information content (AvgIpc) is 2.83. The van der Waals surface area contributed by atoms with E-state index >= 15 is 0 Å². The number of benzene rings is 1. The molecule has 0 unspecified atom stereocenters. The van der Waals surface area contributed by atoms with Gasteiger partial charge in [-0.05, 0) is 13.8 Å². The van der Waals surface area contributed by atoms with E-state index in [9.17, 15) is 4.79 Å². The van der Waals surface area contributed by atoms with Gasteiger partial charge in [-0.25, -0.2) is 4.68 Å². The van der Waals surface area contributed by atoms with Crippen molar-refractivity contribution in [2.75, 3.05) is 0 Å². The molecule has 2 aromatic heterocycles. The smallest absolute Gasteiger partial charge is 0.296 e. The van der Waals surface area contributed by atoms with Crippen LogP contribution in [0.1, 0.15) is 12.7 Å². The van der Waals surface area contributed by atoms with Crippen LogP contribution in [0.5, 0.6) is 0 Å². The van der Waals surface area contributed by atoms with Gasteiger partial charge in [-0.3, -0.25) is 4.79 Å². The number of aromatic nitrogens is 3. The Bertz CT molecular complexity index is 788. The zero-order chi connectivity index (χ0) is 13.4. The Morgan fingerprint density at radius 2 is 2.00 bits per heavy atom. The highest BCUT2D eigenvalue weighted by molar-refractivity contribution is 5.92. The number of rotatable bonds is 2. The highest BCUT2D eigenvalue weighted by Gasteiger charge is 2.17. The quantitative estimate of drug-likeness (QED) is 0.705. The molecule has 5 heteroatoms. The first-order valence-corrected chi connectivity index (χ1v) is 6.15. The van der Waals surface area contributed by atoms with E-state index in [4.69, 9.17) is 4.52 Å². The van der Waals surface area contributed by atoms with Gasteiger partial charge < -0.3 is 4.52 Å². The van der Waals surface area contributed by atoms with E-state index in [0.717, 1.165) is 11.3 Å². The highest BCUT2D eigenvalue weighted by atomic mass is 16.5. The zero-order valence-electron chi connectivity index (χ0n) is 10.8. The van der Waals surface area contributed by atoms with Crippen LogP contribution in [0.3, 0.4) is 0 Å². The second-order valence-corrected chi connectivity index (χ2v) is 4.30. The van der Waals surface area contributed by atoms with Crippen molar-refractivity contribution in [2.24, 2.45) is 0 Å². The van der Waals surface area contributed by atoms with Crippen LogP contribution in [-0.2, 0) is 6.54 Å². The van der Waals surface area contributed by atoms with E-state index < -0.39 is 0 Å². The zero-order valence-corrected chi connectivity index (χ0v) is 10.8. The standard InChI is InChI=1S/C14H13N3O2/c1-3-17-14(18)13-11(9(2)19-16-13)12(15-17)10-7-5-4-6-8-10/h4-8H,3H2,1-2H3. The lowest BCUT2D eigenvalue weighted by Gasteiger charge is -2.06. The van der Waals surface area contributed by atoms with E-state index in [1.807, 2.05) is 37.3 Å². The molecular formula is C14H13N3O2. The van der Waals surface area contributed by atoms with Gasteiger partial charge in [-0.15, -0.1) is 0 Å². The third-order valence-corrected chi connectivity index (χ3v) is 3.10. The second kappa shape index (κ2) is 4.35. The molecule has 0 atom stereocenters. The Balaban J connectivity index is 2.44. The van der Waals surface area contributed by atoms with E-state index in [1.54, 1.807) is 6.92 Å². The van der Waals surface area contributed by atoms with Crippen molar-refractivity contribution < 1.29 is 4.52 Å². The van der Waals surface area contributed by atoms with E-state index in [1.165, 1.54) is 4.68 Å². The normalized spacial score (nSPS) is 11.1. The summed E-state index contributed by atoms with van der Waals surface area (Å²) in [5.74, 6) is 0.613. The molecule has 0 amide bonds. The first-order valence-electron chi connectivity index (χ1n) is 6.15. The SMILES string of the molecule is CCn1nc(-c2ccccc2)c2c(C)onc2c1=O. The summed E-state index contributed by atoms with van der Waals surface area (Å²) in [6.07, 6.45) is 0. The Hall–Kier alpha value is -2.43. The van der Waals surface area contributed by atoms with Gasteiger partial charge in [-0.1, -0.05) is 35.5 Å². The van der Waals surface area contributed by atoms with Gasteiger partial charge in [0.05, 0.1) is 5.39 Å². The molecule has 0 bridgehead atoms. The van der Waals surface area contributed by atoms with Gasteiger partial charge >= 0.3 is 0 Å². The van der Waals surface area contributed by atoms with Crippen LogP contribution < -0.4 is 5.56 Å². The van der Waals surface area contributed by atoms with Crippen LogP contribution in [0.2, 0.25) is 0 Å². The summed E-state index contributed by atoms with van der Waals surface area (Å²) in [5.41, 5.74) is 1.80. The molecule has 0 saturated carbocycles. The van der Waals surface area contributed by atoms with E-state index in [2.05, 4.69) is 10.3 Å². The molecule has 5 nitrogen and oxygen atoms in total. The summed E-state index contributed by atoms with van der Waals surface area (Å²) in [6, 6.07) is 9.73. The predicted octanol–water partition coefficient (Wildman–Crippen LogP) is 2.38. The first-order chi connectivity index (χ1) is 9.22. The predicted molar refractivity (Wildman–Crippen MR) is 71.9 cm³/mol. The average molecular weight is 255 g/mol. The molecule has 3 aromatic rings. The molecule has 0 radical (unpaired) electrons. The maximum absolute atomic E-state index is 12.1. The van der Waals surface area contributed by atoms with E-state index in [0.29, 0.717) is 23.2 Å². The van der Waals surface area contributed by atoms with Crippen LogP contribution in [-0.4, -0.2) is 14.9 Å². The number of hydrogen-bond acceptors (Lipinski definition) is 4. The molecule has 2 heterocycles. The molecule has 0 aliphatic carbocycles. The van der Waals surface area contributed by atoms with Gasteiger partial charge in [0.15, 0.2) is 5.52 Å². The number of fused-ring (bicyclic) bond motifs is 1. The van der Waals surface area contributed by atoms with Crippen LogP contribution in [0.25, 0.3) is 22.2 Å². The number of nitrogens with zero attached hydrogens (tertiary/aromatic N) is 3. The van der Waals surface area contributed by atoms with Crippen molar-refractivity contribution in [2.45, 2.75) is 20.4 Å². The van der Waals surface area contributed by atoms with Gasteiger partial charge in [0.2, 0.25) is 0 Å². The molecule has 0 spiro atoms. The molecule has 0 aliphatic heterocycles. The Kier molecular flexibility index (Phi) is 2.67. The van der Waals surface area contributed by atoms with Crippen molar-refractivity contribution >= 4 is 10.9 Å². The summed E-state index contributed by atoms with van der Waals surface area (Å²) in [6.45, 7) is 4.17. The molecule has 19 heavy (non-hydrogen) atoms. The fraction of sp³-hybridized carbons (Fsp3) is 0.214. The first kappa shape index (κ1) is 11.6. The minimum absolute atomic E-state index is 0.214. The molecule has 0 fully saturated rings. The Morgan fingerprint density at radius 3 is 2.68 bits per heavy atom. The summed E-state index contributed by atoms with van der Waals surface area (Å²) in [5, 5.41) is 8.99. The minimum Gasteiger partial charge on any atom is -0.360 e. The van der Waals surface area contributed by atoms with Crippen LogP contribution >= 0.6 is 0 Å². The summed E-state index contributed by atoms with van der Waals surface area (Å²) < 4.78 is 6.56. The van der Waals surface area contributed by atoms with Crippen LogP contribution in [0.4, 0.5) is 0 Å². The minimum atomic E-state index is -0.214. The third-order valence-electron chi connectivity index (χ3n) is 3.10. The van der Waals surface area contributed by atoms with Crippen molar-refractivity contribution in [3.8, 4) is 11.3 Å². The number of aryl methyl sites for hydroxylation is 2. The van der Waals surface area contributed by atoms with Crippen molar-refractivity contribution in [1.29, 1.82) is 0 Å². The van der Waals surface area contributed by atoms with Crippen LogP contribution in [0, 0.1) is 6.92 Å². The maximum atomic E-state index is 12.1. The Morgan fingerprint density at radius 1 is 1.26 bits per heavy atom. The topological polar surface area (TPSA) is 60.9 Å². The van der Waals surface area contributed by atoms with Gasteiger partial charge in [0.25, 0.3) is 5.56 Å². The lowest BCUT2D eigenvalue weighted by molar-refractivity contribution is 0.405. The van der Waals surface area contributed by atoms with Crippen molar-refractivity contribution in [1.82, 2.24) is 14.9 Å². The van der Waals surface area contributed by atoms with Gasteiger partial charge in [0, 0.05) is 12.1 Å². The Labute approximate surface area is 109 Å². The molecule has 1 aromatic carbocycles. The summed E-state index contributed by atoms with van der Waals surface area (Å²) in [7, 11) is 0.